The van der Waals surface area contributed by atoms with Crippen LogP contribution in [0.1, 0.15) is 6.92 Å². The maximum Gasteiger partial charge on any atom is 0.414 e. The highest BCUT2D eigenvalue weighted by Gasteiger charge is 2.33. The summed E-state index contributed by atoms with van der Waals surface area (Å²) in [6.45, 7) is 2.59. The minimum absolute atomic E-state index is 0.183. The van der Waals surface area contributed by atoms with E-state index in [0.29, 0.717) is 23.7 Å². The molecule has 2 heterocycles. The second-order valence-corrected chi connectivity index (χ2v) is 4.90. The van der Waals surface area contributed by atoms with Crippen LogP contribution < -0.4 is 19.7 Å². The molecule has 7 heteroatoms. The van der Waals surface area contributed by atoms with Crippen LogP contribution in [0.4, 0.5) is 10.5 Å². The standard InChI is InChI=1S/C15H16N2O5/c1-2-3-14(18)16-7-11-8-17(15(19)22-11)10-4-5-12-13(6-10)21-9-20-12/h2-6,11H,7-9H2,1H3,(H,16,18). The molecule has 2 aliphatic heterocycles. The van der Waals surface area contributed by atoms with Crippen molar-refractivity contribution in [3.8, 4) is 11.5 Å². The van der Waals surface area contributed by atoms with E-state index >= 15 is 0 Å². The molecular weight excluding hydrogens is 288 g/mol. The van der Waals surface area contributed by atoms with E-state index in [4.69, 9.17) is 14.2 Å². The van der Waals surface area contributed by atoms with Gasteiger partial charge in [0.05, 0.1) is 18.8 Å². The van der Waals surface area contributed by atoms with Gasteiger partial charge in [-0.15, -0.1) is 0 Å². The number of cyclic esters (lactones) is 1. The minimum Gasteiger partial charge on any atom is -0.454 e. The van der Waals surface area contributed by atoms with Gasteiger partial charge >= 0.3 is 6.09 Å². The fourth-order valence-corrected chi connectivity index (χ4v) is 2.32. The average molecular weight is 304 g/mol. The van der Waals surface area contributed by atoms with Crippen LogP contribution >= 0.6 is 0 Å². The van der Waals surface area contributed by atoms with E-state index in [1.165, 1.54) is 11.0 Å². The Morgan fingerprint density at radius 3 is 3.05 bits per heavy atom. The van der Waals surface area contributed by atoms with E-state index in [9.17, 15) is 9.59 Å². The molecule has 0 bridgehead atoms. The average Bonchev–Trinajstić information content (AvgIpc) is 3.11. The monoisotopic (exact) mass is 304 g/mol. The predicted octanol–water partition coefficient (Wildman–Crippen LogP) is 1.43. The summed E-state index contributed by atoms with van der Waals surface area (Å²) in [6, 6.07) is 5.27. The van der Waals surface area contributed by atoms with Gasteiger partial charge in [0, 0.05) is 6.07 Å². The number of hydrogen-bond acceptors (Lipinski definition) is 5. The summed E-state index contributed by atoms with van der Waals surface area (Å²) >= 11 is 0. The molecule has 2 aliphatic rings. The van der Waals surface area contributed by atoms with Crippen molar-refractivity contribution in [2.45, 2.75) is 13.0 Å². The number of rotatable bonds is 4. The van der Waals surface area contributed by atoms with Crippen molar-refractivity contribution in [1.82, 2.24) is 5.32 Å². The summed E-state index contributed by atoms with van der Waals surface area (Å²) in [5.41, 5.74) is 0.677. The van der Waals surface area contributed by atoms with Gasteiger partial charge in [0.1, 0.15) is 6.10 Å². The van der Waals surface area contributed by atoms with E-state index < -0.39 is 6.09 Å². The number of carbonyl (C=O) groups is 2. The van der Waals surface area contributed by atoms with Crippen LogP contribution in [-0.4, -0.2) is 38.0 Å². The summed E-state index contributed by atoms with van der Waals surface area (Å²) in [5.74, 6) is 1.06. The fraction of sp³-hybridized carbons (Fsp3) is 0.333. The lowest BCUT2D eigenvalue weighted by Crippen LogP contribution is -2.33. The molecule has 116 valence electrons. The van der Waals surface area contributed by atoms with Crippen LogP contribution in [-0.2, 0) is 9.53 Å². The van der Waals surface area contributed by atoms with Crippen LogP contribution in [0.2, 0.25) is 0 Å². The van der Waals surface area contributed by atoms with Gasteiger partial charge in [-0.2, -0.15) is 0 Å². The van der Waals surface area contributed by atoms with Gasteiger partial charge in [-0.3, -0.25) is 9.69 Å². The van der Waals surface area contributed by atoms with Gasteiger partial charge in [0.15, 0.2) is 11.5 Å². The summed E-state index contributed by atoms with van der Waals surface area (Å²) in [4.78, 5) is 24.8. The molecule has 1 saturated heterocycles. The number of carbonyl (C=O) groups excluding carboxylic acids is 2. The molecule has 22 heavy (non-hydrogen) atoms. The molecule has 7 nitrogen and oxygen atoms in total. The van der Waals surface area contributed by atoms with E-state index in [1.807, 2.05) is 0 Å². The number of allylic oxidation sites excluding steroid dienone is 1. The molecule has 1 unspecified atom stereocenters. The Bertz CT molecular complexity index is 628. The zero-order chi connectivity index (χ0) is 15.5. The highest BCUT2D eigenvalue weighted by atomic mass is 16.7. The zero-order valence-corrected chi connectivity index (χ0v) is 12.1. The first-order valence-electron chi connectivity index (χ1n) is 6.95. The van der Waals surface area contributed by atoms with Gasteiger partial charge < -0.3 is 19.5 Å². The molecule has 3 rings (SSSR count). The van der Waals surface area contributed by atoms with Crippen molar-refractivity contribution in [2.24, 2.45) is 0 Å². The maximum atomic E-state index is 12.0. The molecular formula is C15H16N2O5. The Balaban J connectivity index is 1.63. The second kappa shape index (κ2) is 5.97. The third-order valence-electron chi connectivity index (χ3n) is 3.36. The van der Waals surface area contributed by atoms with Crippen molar-refractivity contribution in [3.63, 3.8) is 0 Å². The quantitative estimate of drug-likeness (QED) is 0.852. The molecule has 0 aromatic heterocycles. The largest absolute Gasteiger partial charge is 0.454 e. The Morgan fingerprint density at radius 2 is 2.23 bits per heavy atom. The van der Waals surface area contributed by atoms with Gasteiger partial charge in [0.25, 0.3) is 0 Å². The lowest BCUT2D eigenvalue weighted by atomic mass is 10.2. The van der Waals surface area contributed by atoms with Gasteiger partial charge in [-0.05, 0) is 25.1 Å². The Morgan fingerprint density at radius 1 is 1.41 bits per heavy atom. The Hall–Kier alpha value is -2.70. The molecule has 1 aromatic rings. The van der Waals surface area contributed by atoms with E-state index in [2.05, 4.69) is 5.32 Å². The summed E-state index contributed by atoms with van der Waals surface area (Å²) in [6.07, 6.45) is 2.25. The molecule has 1 atom stereocenters. The second-order valence-electron chi connectivity index (χ2n) is 4.90. The highest BCUT2D eigenvalue weighted by Crippen LogP contribution is 2.36. The number of fused-ring (bicyclic) bond motifs is 1. The van der Waals surface area contributed by atoms with Gasteiger partial charge in [-0.25, -0.2) is 4.79 Å². The number of ether oxygens (including phenoxy) is 3. The zero-order valence-electron chi connectivity index (χ0n) is 12.1. The molecule has 1 fully saturated rings. The first-order chi connectivity index (χ1) is 10.7. The minimum atomic E-state index is -0.441. The summed E-state index contributed by atoms with van der Waals surface area (Å²) in [7, 11) is 0. The van der Waals surface area contributed by atoms with E-state index in [0.717, 1.165) is 0 Å². The van der Waals surface area contributed by atoms with Crippen molar-refractivity contribution in [1.29, 1.82) is 0 Å². The number of benzene rings is 1. The number of amides is 2. The number of hydrogen-bond donors (Lipinski definition) is 1. The maximum absolute atomic E-state index is 12.0. The van der Waals surface area contributed by atoms with Crippen molar-refractivity contribution < 1.29 is 23.8 Å². The molecule has 1 aromatic carbocycles. The third-order valence-corrected chi connectivity index (χ3v) is 3.36. The van der Waals surface area contributed by atoms with E-state index in [1.54, 1.807) is 31.2 Å². The molecule has 0 aliphatic carbocycles. The van der Waals surface area contributed by atoms with Crippen LogP contribution in [0.25, 0.3) is 0 Å². The summed E-state index contributed by atoms with van der Waals surface area (Å²) < 4.78 is 15.8. The lowest BCUT2D eigenvalue weighted by molar-refractivity contribution is -0.116. The summed E-state index contributed by atoms with van der Waals surface area (Å²) in [5, 5.41) is 2.69. The Kier molecular flexibility index (Phi) is 3.86. The predicted molar refractivity (Wildman–Crippen MR) is 78.0 cm³/mol. The van der Waals surface area contributed by atoms with E-state index in [-0.39, 0.29) is 25.3 Å². The van der Waals surface area contributed by atoms with Crippen LogP contribution in [0, 0.1) is 0 Å². The van der Waals surface area contributed by atoms with Crippen molar-refractivity contribution in [3.05, 3.63) is 30.4 Å². The van der Waals surface area contributed by atoms with Crippen LogP contribution in [0.15, 0.2) is 30.4 Å². The van der Waals surface area contributed by atoms with Gasteiger partial charge in [-0.1, -0.05) is 6.08 Å². The molecule has 0 spiro atoms. The topological polar surface area (TPSA) is 77.1 Å². The normalized spacial score (nSPS) is 19.6. The van der Waals surface area contributed by atoms with Crippen molar-refractivity contribution >= 4 is 17.7 Å². The smallest absolute Gasteiger partial charge is 0.414 e. The van der Waals surface area contributed by atoms with Gasteiger partial charge in [0.2, 0.25) is 12.7 Å². The lowest BCUT2D eigenvalue weighted by Gasteiger charge is -2.13. The van der Waals surface area contributed by atoms with Crippen LogP contribution in [0.5, 0.6) is 11.5 Å². The molecule has 0 saturated carbocycles. The first kappa shape index (κ1) is 14.2. The molecule has 2 amide bonds. The Labute approximate surface area is 127 Å². The van der Waals surface area contributed by atoms with Crippen molar-refractivity contribution in [2.75, 3.05) is 24.8 Å². The molecule has 0 radical (unpaired) electrons. The fourth-order valence-electron chi connectivity index (χ4n) is 2.32. The number of nitrogens with zero attached hydrogens (tertiary/aromatic N) is 1. The third kappa shape index (κ3) is 2.83. The molecule has 1 N–H and O–H groups in total. The first-order valence-corrected chi connectivity index (χ1v) is 6.95. The number of anilines is 1. The van der Waals surface area contributed by atoms with Crippen LogP contribution in [0.3, 0.4) is 0 Å². The SMILES string of the molecule is CC=CC(=O)NCC1CN(c2ccc3c(c2)OCO3)C(=O)O1. The number of nitrogens with one attached hydrogen (secondary N) is 1. The highest BCUT2D eigenvalue weighted by molar-refractivity contribution is 5.90.